The number of quaternary nitrogens is 1. The summed E-state index contributed by atoms with van der Waals surface area (Å²) in [5, 5.41) is -17.0. The summed E-state index contributed by atoms with van der Waals surface area (Å²) in [6, 6.07) is 0. The number of hydrogen-bond acceptors (Lipinski definition) is 8. The van der Waals surface area contributed by atoms with Crippen LogP contribution in [-0.4, -0.2) is 182 Å². The third-order valence-corrected chi connectivity index (χ3v) is 15.2. The molecule has 0 aliphatic carbocycles. The predicted molar refractivity (Wildman–Crippen MR) is 179 cm³/mol. The van der Waals surface area contributed by atoms with Crippen molar-refractivity contribution in [2.45, 2.75) is 131 Å². The van der Waals surface area contributed by atoms with Gasteiger partial charge >= 0.3 is 118 Å². The Labute approximate surface area is 433 Å². The molecule has 0 radical (unpaired) electrons. The predicted octanol–water partition coefficient (Wildman–Crippen LogP) is 12.6. The first-order chi connectivity index (χ1) is 35.3. The van der Waals surface area contributed by atoms with Gasteiger partial charge in [0.15, 0.2) is 0 Å². The Bertz CT molecular complexity index is 2420. The molecule has 0 saturated heterocycles. The van der Waals surface area contributed by atoms with Crippen molar-refractivity contribution in [1.82, 2.24) is 14.8 Å². The average molecular weight is 1420 g/mol. The van der Waals surface area contributed by atoms with Crippen LogP contribution in [-0.2, 0) is 33.7 Å². The van der Waals surface area contributed by atoms with E-state index in [9.17, 15) is 211 Å². The second-order valence-corrected chi connectivity index (χ2v) is 20.7. The molecule has 0 aromatic heterocycles. The highest BCUT2D eigenvalue weighted by Gasteiger charge is 3.01. The molecule has 0 saturated carbocycles. The highest BCUT2D eigenvalue weighted by atomic mass is 32.2. The van der Waals surface area contributed by atoms with Crippen LogP contribution in [0.1, 0.15) is 13.8 Å². The van der Waals surface area contributed by atoms with Gasteiger partial charge in [-0.3, -0.25) is 4.57 Å². The molecule has 0 atom stereocenters. The number of hydrogen-bond donors (Lipinski definition) is 1. The summed E-state index contributed by atoms with van der Waals surface area (Å²) in [6.07, 6.45) is -16.7. The molecule has 0 amide bonds. The maximum Gasteiger partial charge on any atom is 0.460 e. The Hall–Kier alpha value is -3.05. The number of halogens is 42. The molecule has 0 aromatic carbocycles. The zero-order chi connectivity index (χ0) is 68.3. The van der Waals surface area contributed by atoms with Crippen LogP contribution in [0.25, 0.3) is 0 Å². The van der Waals surface area contributed by atoms with E-state index in [-0.39, 0.29) is 20.0 Å². The zero-order valence-electron chi connectivity index (χ0n) is 38.5. The summed E-state index contributed by atoms with van der Waals surface area (Å²) in [7, 11) is -23.7. The molecular weight excluding hydrogens is 1400 g/mol. The van der Waals surface area contributed by atoms with Crippen LogP contribution >= 0.6 is 7.82 Å². The van der Waals surface area contributed by atoms with Crippen LogP contribution in [0.2, 0.25) is 0 Å². The molecule has 0 rings (SSSR count). The standard InChI is InChI=1S/C28H19F42N2O8PS2.H3N/c1-3-71(82(75,76)27(67,68)23(57,58)19(49,50)15(41,42)11(33,34)9(29,30)13(37,38)17(45,46)21(53,54)25(61,62)63)5-7-79-81(73,74)80-8-6-72(4-2)83(77,78)28(69,70)24(59,60)20(51,52)16(43,44)12(35,36)10(31,32)14(39,40)18(47,48)22(55,56)26(64,65)66;/h3-8H2,1-2H3,(H,73,74);1H3. The van der Waals surface area contributed by atoms with Crippen molar-refractivity contribution >= 4 is 27.9 Å². The second kappa shape index (κ2) is 22.5. The Balaban J connectivity index is 0. The lowest BCUT2D eigenvalue weighted by molar-refractivity contribution is -0.472. The van der Waals surface area contributed by atoms with Crippen molar-refractivity contribution < 1.29 is 220 Å². The maximum atomic E-state index is 14.7. The number of sulfonamides is 2. The molecule has 0 fully saturated rings. The minimum absolute atomic E-state index is 0. The highest BCUT2D eigenvalue weighted by Crippen LogP contribution is 2.69. The van der Waals surface area contributed by atoms with Gasteiger partial charge in [0.1, 0.15) is 0 Å². The Morgan fingerprint density at radius 1 is 0.310 bits per heavy atom. The van der Waals surface area contributed by atoms with Crippen LogP contribution in [0.15, 0.2) is 0 Å². The summed E-state index contributed by atoms with van der Waals surface area (Å²) < 4.78 is 641. The van der Waals surface area contributed by atoms with Crippen LogP contribution in [0, 0.1) is 0 Å². The number of phosphoric acid groups is 1. The van der Waals surface area contributed by atoms with E-state index in [0.29, 0.717) is 0 Å². The molecule has 0 aliphatic heterocycles. The van der Waals surface area contributed by atoms with Gasteiger partial charge in [0.25, 0.3) is 27.9 Å². The van der Waals surface area contributed by atoms with Crippen LogP contribution in [0.5, 0.6) is 0 Å². The van der Waals surface area contributed by atoms with Crippen molar-refractivity contribution in [1.29, 1.82) is 0 Å². The van der Waals surface area contributed by atoms with Crippen molar-refractivity contribution in [2.24, 2.45) is 0 Å². The molecular formula is C28H22F42N3O8PS2. The van der Waals surface area contributed by atoms with Crippen molar-refractivity contribution in [3.8, 4) is 0 Å². The molecule has 4 N–H and O–H groups in total. The van der Waals surface area contributed by atoms with Gasteiger partial charge in [-0.2, -0.15) is 193 Å². The van der Waals surface area contributed by atoms with Crippen LogP contribution in [0.3, 0.4) is 0 Å². The van der Waals surface area contributed by atoms with Crippen molar-refractivity contribution in [3.05, 3.63) is 0 Å². The first-order valence-electron chi connectivity index (χ1n) is 18.9. The van der Waals surface area contributed by atoms with Crippen LogP contribution < -0.4 is 11.0 Å². The Kier molecular flexibility index (Phi) is 22.2. The fourth-order valence-corrected chi connectivity index (χ4v) is 8.73. The third-order valence-electron chi connectivity index (χ3n) is 10.2. The number of phosphoric ester groups is 1. The summed E-state index contributed by atoms with van der Waals surface area (Å²) >= 11 is 0. The molecule has 0 spiro atoms. The van der Waals surface area contributed by atoms with Gasteiger partial charge < -0.3 is 20.1 Å². The van der Waals surface area contributed by atoms with Gasteiger partial charge in [0.2, 0.25) is 0 Å². The van der Waals surface area contributed by atoms with E-state index < -0.39 is 193 Å². The first-order valence-corrected chi connectivity index (χ1v) is 23.2. The minimum atomic E-state index is -9.77. The van der Waals surface area contributed by atoms with Crippen molar-refractivity contribution in [3.63, 3.8) is 0 Å². The SMILES string of the molecule is CCN(CCOP(=O)([O-])OCCN(CC)S(=O)(=O)C(F)(F)C(F)(F)C(F)(F)C(F)(F)C(F)(F)C(F)(F)C(F)(F)C(F)(F)C(F)(F)C(F)(F)F)S(=O)(=O)C(F)(F)C(F)(F)C(F)(F)C(F)(F)C(F)(F)C(F)(F)C(F)(F)C(F)(F)C(F)(F)C(F)(F)F.[NH4+]. The molecule has 0 aromatic rings. The third kappa shape index (κ3) is 11.2. The number of nitrogens with zero attached hydrogens (tertiary/aromatic N) is 2. The molecule has 0 bridgehead atoms. The summed E-state index contributed by atoms with van der Waals surface area (Å²) in [5.74, 6) is -151. The topological polar surface area (TPSA) is 170 Å². The van der Waals surface area contributed by atoms with Gasteiger partial charge in [0, 0.05) is 26.2 Å². The fraction of sp³-hybridized carbons (Fsp3) is 1.00. The lowest BCUT2D eigenvalue weighted by Gasteiger charge is -2.44. The molecule has 508 valence electrons. The van der Waals surface area contributed by atoms with E-state index in [1.165, 1.54) is 0 Å². The molecule has 0 aliphatic rings. The van der Waals surface area contributed by atoms with Crippen molar-refractivity contribution in [2.75, 3.05) is 39.4 Å². The fourth-order valence-electron chi connectivity index (χ4n) is 5.18. The number of alkyl halides is 42. The highest BCUT2D eigenvalue weighted by molar-refractivity contribution is 7.90. The first kappa shape index (κ1) is 83.0. The van der Waals surface area contributed by atoms with E-state index in [1.807, 2.05) is 0 Å². The second-order valence-electron chi connectivity index (χ2n) is 15.3. The molecule has 0 heterocycles. The van der Waals surface area contributed by atoms with Gasteiger partial charge in [-0.05, 0) is 0 Å². The molecule has 0 unspecified atom stereocenters. The van der Waals surface area contributed by atoms with E-state index in [4.69, 9.17) is 0 Å². The van der Waals surface area contributed by atoms with Gasteiger partial charge in [-0.15, -0.1) is 0 Å². The number of rotatable bonds is 30. The maximum absolute atomic E-state index is 14.7. The molecule has 84 heavy (non-hydrogen) atoms. The summed E-state index contributed by atoms with van der Waals surface area (Å²) in [6.45, 7) is -15.0. The monoisotopic (exact) mass is 1420 g/mol. The Morgan fingerprint density at radius 2 is 0.452 bits per heavy atom. The summed E-state index contributed by atoms with van der Waals surface area (Å²) in [5.41, 5.74) is 0. The summed E-state index contributed by atoms with van der Waals surface area (Å²) in [4.78, 5) is 12.0. The molecule has 11 nitrogen and oxygen atoms in total. The normalized spacial score (nSPS) is 16.7. The van der Waals surface area contributed by atoms with Gasteiger partial charge in [-0.1, -0.05) is 13.8 Å². The van der Waals surface area contributed by atoms with Gasteiger partial charge in [-0.25, -0.2) is 16.8 Å². The zero-order valence-corrected chi connectivity index (χ0v) is 41.1. The lowest BCUT2D eigenvalue weighted by atomic mass is 9.87. The molecule has 56 heteroatoms. The number of likely N-dealkylation sites (N-methyl/N-ethyl adjacent to an activating group) is 2. The van der Waals surface area contributed by atoms with Gasteiger partial charge in [0.05, 0.1) is 13.2 Å². The van der Waals surface area contributed by atoms with E-state index >= 15 is 0 Å². The average Bonchev–Trinajstić information content (AvgIpc) is 3.26. The van der Waals surface area contributed by atoms with Crippen LogP contribution in [0.4, 0.5) is 184 Å². The lowest BCUT2D eigenvalue weighted by Crippen LogP contribution is -2.77. The van der Waals surface area contributed by atoms with E-state index in [1.54, 1.807) is 0 Å². The smallest absolute Gasteiger partial charge is 0.460 e. The quantitative estimate of drug-likeness (QED) is 0.0547. The van der Waals surface area contributed by atoms with E-state index in [2.05, 4.69) is 9.05 Å². The van der Waals surface area contributed by atoms with E-state index in [0.717, 1.165) is 0 Å². The minimum Gasteiger partial charge on any atom is -0.756 e. The Morgan fingerprint density at radius 3 is 0.595 bits per heavy atom. The largest absolute Gasteiger partial charge is 0.756 e.